The summed E-state index contributed by atoms with van der Waals surface area (Å²) in [6.07, 6.45) is 0. The average molecular weight is 365 g/mol. The van der Waals surface area contributed by atoms with Gasteiger partial charge >= 0.3 is 0 Å². The van der Waals surface area contributed by atoms with Gasteiger partial charge in [0, 0.05) is 15.4 Å². The fourth-order valence-electron chi connectivity index (χ4n) is 2.06. The zero-order valence-electron chi connectivity index (χ0n) is 10.8. The summed E-state index contributed by atoms with van der Waals surface area (Å²) in [6.45, 7) is 0. The average Bonchev–Trinajstić information content (AvgIpc) is 2.83. The molecule has 0 bridgehead atoms. The highest BCUT2D eigenvalue weighted by Gasteiger charge is 2.14. The molecule has 0 aliphatic carbocycles. The van der Waals surface area contributed by atoms with E-state index in [0.29, 0.717) is 16.4 Å². The van der Waals surface area contributed by atoms with Crippen molar-refractivity contribution in [1.82, 2.24) is 10.5 Å². The van der Waals surface area contributed by atoms with Gasteiger partial charge in [-0.1, -0.05) is 45.7 Å². The maximum atomic E-state index is 9.38. The summed E-state index contributed by atoms with van der Waals surface area (Å²) in [5.41, 5.74) is 4.23. The first-order valence-electron chi connectivity index (χ1n) is 6.20. The smallest absolute Gasteiger partial charge is 0.175 e. The number of hydrogen-bond donors (Lipinski definition) is 3. The molecule has 0 radical (unpaired) electrons. The number of halogens is 2. The number of benzene rings is 2. The third-order valence-corrected chi connectivity index (χ3v) is 3.92. The van der Waals surface area contributed by atoms with Gasteiger partial charge in [-0.3, -0.25) is 10.7 Å². The molecule has 0 spiro atoms. The Morgan fingerprint density at radius 2 is 1.95 bits per heavy atom. The molecule has 0 fully saturated rings. The van der Waals surface area contributed by atoms with Crippen LogP contribution in [0.3, 0.4) is 0 Å². The van der Waals surface area contributed by atoms with Gasteiger partial charge in [0.2, 0.25) is 0 Å². The number of hydrogen-bond acceptors (Lipinski definition) is 2. The van der Waals surface area contributed by atoms with Crippen LogP contribution >= 0.6 is 27.5 Å². The summed E-state index contributed by atoms with van der Waals surface area (Å²) >= 11 is 9.80. The summed E-state index contributed by atoms with van der Waals surface area (Å²) < 4.78 is 0.931. The SMILES string of the molecule is ONC(=Nc1ccccc1)c1[nH]c2ccc(Br)cc2c1Cl. The maximum Gasteiger partial charge on any atom is 0.175 e. The Kier molecular flexibility index (Phi) is 3.96. The largest absolute Gasteiger partial charge is 0.351 e. The number of para-hydroxylation sites is 1. The number of aromatic amines is 1. The summed E-state index contributed by atoms with van der Waals surface area (Å²) in [7, 11) is 0. The summed E-state index contributed by atoms with van der Waals surface area (Å²) in [4.78, 5) is 7.51. The predicted octanol–water partition coefficient (Wildman–Crippen LogP) is 4.64. The molecular formula is C15H11BrClN3O. The lowest BCUT2D eigenvalue weighted by Gasteiger charge is -2.03. The fourth-order valence-corrected chi connectivity index (χ4v) is 2.72. The highest BCUT2D eigenvalue weighted by molar-refractivity contribution is 9.10. The van der Waals surface area contributed by atoms with Crippen molar-refractivity contribution in [3.8, 4) is 0 Å². The van der Waals surface area contributed by atoms with Crippen molar-refractivity contribution in [3.05, 3.63) is 63.7 Å². The molecule has 1 aromatic heterocycles. The lowest BCUT2D eigenvalue weighted by Crippen LogP contribution is -2.20. The minimum atomic E-state index is 0.263. The van der Waals surface area contributed by atoms with Crippen molar-refractivity contribution in [2.75, 3.05) is 0 Å². The van der Waals surface area contributed by atoms with Gasteiger partial charge in [0.05, 0.1) is 10.7 Å². The number of rotatable bonds is 2. The van der Waals surface area contributed by atoms with Crippen molar-refractivity contribution in [2.24, 2.45) is 4.99 Å². The Morgan fingerprint density at radius 3 is 2.67 bits per heavy atom. The molecule has 106 valence electrons. The van der Waals surface area contributed by atoms with E-state index in [1.54, 1.807) is 0 Å². The molecule has 2 aromatic carbocycles. The van der Waals surface area contributed by atoms with E-state index < -0.39 is 0 Å². The number of aliphatic imine (C=N–C) groups is 1. The van der Waals surface area contributed by atoms with E-state index >= 15 is 0 Å². The molecule has 3 N–H and O–H groups in total. The molecule has 0 saturated heterocycles. The van der Waals surface area contributed by atoms with Crippen LogP contribution in [0, 0.1) is 0 Å². The Labute approximate surface area is 134 Å². The molecule has 0 unspecified atom stereocenters. The van der Waals surface area contributed by atoms with Crippen molar-refractivity contribution >= 4 is 50.0 Å². The molecular weight excluding hydrogens is 354 g/mol. The molecule has 1 heterocycles. The second-order valence-electron chi connectivity index (χ2n) is 4.41. The van der Waals surface area contributed by atoms with Gasteiger partial charge < -0.3 is 4.98 Å². The van der Waals surface area contributed by atoms with E-state index in [1.165, 1.54) is 0 Å². The molecule has 0 amide bonds. The first-order chi connectivity index (χ1) is 10.2. The van der Waals surface area contributed by atoms with Crippen LogP contribution in [0.5, 0.6) is 0 Å². The molecule has 21 heavy (non-hydrogen) atoms. The Hall–Kier alpha value is -1.82. The number of H-pyrrole nitrogens is 1. The van der Waals surface area contributed by atoms with Crippen LogP contribution in [0.4, 0.5) is 5.69 Å². The third-order valence-electron chi connectivity index (χ3n) is 3.04. The standard InChI is InChI=1S/C15H11BrClN3O/c16-9-6-7-12-11(8-9)13(17)14(19-12)15(20-21)18-10-4-2-1-3-5-10/h1-8,19,21H,(H,18,20). The molecule has 0 saturated carbocycles. The summed E-state index contributed by atoms with van der Waals surface area (Å²) in [5, 5.41) is 10.7. The van der Waals surface area contributed by atoms with Crippen molar-refractivity contribution in [2.45, 2.75) is 0 Å². The Balaban J connectivity index is 2.13. The maximum absolute atomic E-state index is 9.38. The van der Waals surface area contributed by atoms with E-state index in [1.807, 2.05) is 48.5 Å². The molecule has 3 aromatic rings. The fraction of sp³-hybridized carbons (Fsp3) is 0. The third kappa shape index (κ3) is 2.81. The molecule has 4 nitrogen and oxygen atoms in total. The van der Waals surface area contributed by atoms with Gasteiger partial charge in [-0.15, -0.1) is 0 Å². The topological polar surface area (TPSA) is 60.4 Å². The van der Waals surface area contributed by atoms with Gasteiger partial charge in [-0.05, 0) is 30.3 Å². The van der Waals surface area contributed by atoms with Crippen molar-refractivity contribution in [3.63, 3.8) is 0 Å². The number of fused-ring (bicyclic) bond motifs is 1. The van der Waals surface area contributed by atoms with Gasteiger partial charge in [-0.2, -0.15) is 0 Å². The van der Waals surface area contributed by atoms with Crippen LogP contribution in [0.1, 0.15) is 5.69 Å². The Bertz CT molecular complexity index is 814. The van der Waals surface area contributed by atoms with Crippen molar-refractivity contribution in [1.29, 1.82) is 0 Å². The zero-order chi connectivity index (χ0) is 14.8. The second kappa shape index (κ2) is 5.89. The summed E-state index contributed by atoms with van der Waals surface area (Å²) in [5.74, 6) is 0.263. The van der Waals surface area contributed by atoms with E-state index in [9.17, 15) is 5.21 Å². The molecule has 3 rings (SSSR count). The Morgan fingerprint density at radius 1 is 1.19 bits per heavy atom. The minimum Gasteiger partial charge on any atom is -0.351 e. The van der Waals surface area contributed by atoms with E-state index in [4.69, 9.17) is 11.6 Å². The molecule has 0 aliphatic rings. The first-order valence-corrected chi connectivity index (χ1v) is 7.37. The quantitative estimate of drug-likeness (QED) is 0.352. The van der Waals surface area contributed by atoms with Gasteiger partial charge in [0.15, 0.2) is 5.84 Å². The minimum absolute atomic E-state index is 0.263. The number of nitrogens with zero attached hydrogens (tertiary/aromatic N) is 1. The highest BCUT2D eigenvalue weighted by atomic mass is 79.9. The van der Waals surface area contributed by atoms with Crippen LogP contribution in [-0.4, -0.2) is 16.0 Å². The molecule has 0 aliphatic heterocycles. The van der Waals surface area contributed by atoms with Gasteiger partial charge in [-0.25, -0.2) is 4.99 Å². The molecule has 0 atom stereocenters. The van der Waals surface area contributed by atoms with Crippen LogP contribution in [-0.2, 0) is 0 Å². The first kappa shape index (κ1) is 14.1. The number of aromatic nitrogens is 1. The van der Waals surface area contributed by atoms with Gasteiger partial charge in [0.25, 0.3) is 0 Å². The van der Waals surface area contributed by atoms with Crippen molar-refractivity contribution < 1.29 is 5.21 Å². The van der Waals surface area contributed by atoms with Crippen LogP contribution in [0.25, 0.3) is 10.9 Å². The van der Waals surface area contributed by atoms with Gasteiger partial charge in [0.1, 0.15) is 5.69 Å². The van der Waals surface area contributed by atoms with E-state index in [0.717, 1.165) is 15.4 Å². The normalized spacial score (nSPS) is 11.9. The lowest BCUT2D eigenvalue weighted by atomic mass is 10.2. The van der Waals surface area contributed by atoms with Crippen LogP contribution in [0.15, 0.2) is 58.0 Å². The van der Waals surface area contributed by atoms with E-state index in [-0.39, 0.29) is 5.84 Å². The second-order valence-corrected chi connectivity index (χ2v) is 5.71. The number of nitrogens with one attached hydrogen (secondary N) is 2. The molecule has 6 heteroatoms. The number of hydroxylamine groups is 1. The lowest BCUT2D eigenvalue weighted by molar-refractivity contribution is 0.235. The number of amidine groups is 1. The monoisotopic (exact) mass is 363 g/mol. The van der Waals surface area contributed by atoms with E-state index in [2.05, 4.69) is 31.4 Å². The summed E-state index contributed by atoms with van der Waals surface area (Å²) in [6, 6.07) is 15.1. The van der Waals surface area contributed by atoms with Crippen LogP contribution < -0.4 is 5.48 Å². The predicted molar refractivity (Wildman–Crippen MR) is 88.6 cm³/mol. The van der Waals surface area contributed by atoms with Crippen LogP contribution in [0.2, 0.25) is 5.02 Å². The zero-order valence-corrected chi connectivity index (χ0v) is 13.1. The highest BCUT2D eigenvalue weighted by Crippen LogP contribution is 2.30.